The van der Waals surface area contributed by atoms with Gasteiger partial charge in [-0.3, -0.25) is 14.5 Å². The van der Waals surface area contributed by atoms with Crippen LogP contribution in [0.15, 0.2) is 4.79 Å². The molecule has 1 saturated carbocycles. The predicted molar refractivity (Wildman–Crippen MR) is 102 cm³/mol. The number of hydrogen-bond donors (Lipinski definition) is 1. The van der Waals surface area contributed by atoms with Crippen LogP contribution in [0.25, 0.3) is 11.0 Å². The van der Waals surface area contributed by atoms with Crippen LogP contribution in [0.1, 0.15) is 51.1 Å². The molecule has 1 atom stereocenters. The van der Waals surface area contributed by atoms with E-state index in [9.17, 15) is 4.79 Å². The molecule has 3 heterocycles. The summed E-state index contributed by atoms with van der Waals surface area (Å²) in [4.78, 5) is 22.8. The van der Waals surface area contributed by atoms with Crippen LogP contribution in [0.5, 0.6) is 0 Å². The third-order valence-corrected chi connectivity index (χ3v) is 5.41. The topological polar surface area (TPSA) is 76.0 Å². The number of hydrogen-bond acceptors (Lipinski definition) is 5. The Hall–Kier alpha value is -1.89. The van der Waals surface area contributed by atoms with E-state index in [0.717, 1.165) is 56.6 Å². The number of aromatic nitrogens is 4. The zero-order chi connectivity index (χ0) is 18.1. The molecule has 7 nitrogen and oxygen atoms in total. The first-order chi connectivity index (χ1) is 12.7. The first-order valence-corrected chi connectivity index (χ1v) is 9.98. The summed E-state index contributed by atoms with van der Waals surface area (Å²) in [6.45, 7) is 4.70. The van der Waals surface area contributed by atoms with Crippen LogP contribution in [0.2, 0.25) is 0 Å². The fraction of sp³-hybridized carbons (Fsp3) is 0.737. The monoisotopic (exact) mass is 359 g/mol. The first kappa shape index (κ1) is 17.5. The van der Waals surface area contributed by atoms with Crippen LogP contribution in [0, 0.1) is 5.92 Å². The van der Waals surface area contributed by atoms with E-state index < -0.39 is 0 Å². The Morgan fingerprint density at radius 1 is 1.27 bits per heavy atom. The molecule has 0 radical (unpaired) electrons. The molecule has 2 aromatic rings. The van der Waals surface area contributed by atoms with Gasteiger partial charge in [0.15, 0.2) is 5.52 Å². The second kappa shape index (κ2) is 7.39. The Balaban J connectivity index is 1.68. The minimum Gasteiger partial charge on any atom is -0.376 e. The molecule has 2 fully saturated rings. The SMILES string of the molecule is CCCc1nn(C)c2c(=O)[nH]c(N(CC3CC3)CC3CCCCO3)nc12. The lowest BCUT2D eigenvalue weighted by Crippen LogP contribution is -2.39. The number of anilines is 1. The molecular weight excluding hydrogens is 330 g/mol. The lowest BCUT2D eigenvalue weighted by Gasteiger charge is -2.30. The molecule has 1 unspecified atom stereocenters. The Kier molecular flexibility index (Phi) is 4.98. The average Bonchev–Trinajstić information content (AvgIpc) is 3.39. The van der Waals surface area contributed by atoms with E-state index in [1.807, 2.05) is 7.05 Å². The minimum atomic E-state index is -0.104. The number of aromatic amines is 1. The standard InChI is InChI=1S/C19H29N5O2/c1-3-6-15-16-17(23(2)22-15)18(25)21-19(20-16)24(11-13-8-9-13)12-14-7-4-5-10-26-14/h13-14H,3-12H2,1-2H3,(H,20,21,25). The van der Waals surface area contributed by atoms with E-state index in [1.165, 1.54) is 19.3 Å². The summed E-state index contributed by atoms with van der Waals surface area (Å²) in [5.41, 5.74) is 2.13. The Morgan fingerprint density at radius 3 is 2.81 bits per heavy atom. The second-order valence-corrected chi connectivity index (χ2v) is 7.74. The molecule has 1 aliphatic heterocycles. The molecule has 26 heavy (non-hydrogen) atoms. The lowest BCUT2D eigenvalue weighted by atomic mass is 10.1. The number of nitrogens with one attached hydrogen (secondary N) is 1. The van der Waals surface area contributed by atoms with Gasteiger partial charge in [0, 0.05) is 26.7 Å². The zero-order valence-electron chi connectivity index (χ0n) is 15.8. The number of nitrogens with zero attached hydrogens (tertiary/aromatic N) is 4. The Labute approximate surface area is 153 Å². The van der Waals surface area contributed by atoms with E-state index in [0.29, 0.717) is 17.4 Å². The number of fused-ring (bicyclic) bond motifs is 1. The predicted octanol–water partition coefficient (Wildman–Crippen LogP) is 2.39. The highest BCUT2D eigenvalue weighted by Gasteiger charge is 2.28. The van der Waals surface area contributed by atoms with Crippen LogP contribution >= 0.6 is 0 Å². The van der Waals surface area contributed by atoms with E-state index >= 15 is 0 Å². The van der Waals surface area contributed by atoms with Crippen molar-refractivity contribution in [3.8, 4) is 0 Å². The fourth-order valence-corrected chi connectivity index (χ4v) is 3.85. The van der Waals surface area contributed by atoms with Crippen molar-refractivity contribution >= 4 is 17.0 Å². The van der Waals surface area contributed by atoms with E-state index in [2.05, 4.69) is 21.9 Å². The Bertz CT molecular complexity index is 817. The van der Waals surface area contributed by atoms with Crippen LogP contribution in [0.4, 0.5) is 5.95 Å². The summed E-state index contributed by atoms with van der Waals surface area (Å²) < 4.78 is 7.60. The molecule has 4 rings (SSSR count). The van der Waals surface area contributed by atoms with Gasteiger partial charge < -0.3 is 9.64 Å². The van der Waals surface area contributed by atoms with E-state index in [4.69, 9.17) is 9.72 Å². The smallest absolute Gasteiger partial charge is 0.278 e. The largest absolute Gasteiger partial charge is 0.376 e. The molecule has 7 heteroatoms. The van der Waals surface area contributed by atoms with E-state index in [1.54, 1.807) is 4.68 Å². The zero-order valence-corrected chi connectivity index (χ0v) is 15.8. The van der Waals surface area contributed by atoms with Crippen molar-refractivity contribution in [1.29, 1.82) is 0 Å². The molecule has 1 saturated heterocycles. The van der Waals surface area contributed by atoms with Gasteiger partial charge in [0.1, 0.15) is 5.52 Å². The number of rotatable bonds is 7. The number of ether oxygens (including phenoxy) is 1. The van der Waals surface area contributed by atoms with E-state index in [-0.39, 0.29) is 11.7 Å². The van der Waals surface area contributed by atoms with Crippen LogP contribution in [-0.4, -0.2) is 45.5 Å². The van der Waals surface area contributed by atoms with Gasteiger partial charge in [-0.05, 0) is 44.4 Å². The maximum absolute atomic E-state index is 12.7. The Morgan fingerprint density at radius 2 is 2.12 bits per heavy atom. The molecule has 0 spiro atoms. The maximum Gasteiger partial charge on any atom is 0.278 e. The third-order valence-electron chi connectivity index (χ3n) is 5.41. The van der Waals surface area contributed by atoms with Crippen molar-refractivity contribution in [1.82, 2.24) is 19.7 Å². The van der Waals surface area contributed by atoms with Gasteiger partial charge in [0.05, 0.1) is 11.8 Å². The van der Waals surface area contributed by atoms with Crippen molar-refractivity contribution in [2.75, 3.05) is 24.6 Å². The third kappa shape index (κ3) is 3.63. The molecule has 1 aliphatic carbocycles. The molecule has 1 N–H and O–H groups in total. The summed E-state index contributed by atoms with van der Waals surface area (Å²) >= 11 is 0. The van der Waals surface area contributed by atoms with Gasteiger partial charge in [-0.1, -0.05) is 13.3 Å². The normalized spacial score (nSPS) is 20.6. The molecule has 0 aromatic carbocycles. The van der Waals surface area contributed by atoms with Gasteiger partial charge in [-0.2, -0.15) is 5.10 Å². The molecule has 0 amide bonds. The molecule has 0 bridgehead atoms. The quantitative estimate of drug-likeness (QED) is 0.821. The fourth-order valence-electron chi connectivity index (χ4n) is 3.85. The molecule has 2 aliphatic rings. The highest BCUT2D eigenvalue weighted by atomic mass is 16.5. The van der Waals surface area contributed by atoms with Gasteiger partial charge in [-0.25, -0.2) is 4.98 Å². The lowest BCUT2D eigenvalue weighted by molar-refractivity contribution is 0.0207. The van der Waals surface area contributed by atoms with Crippen molar-refractivity contribution in [2.24, 2.45) is 13.0 Å². The summed E-state index contributed by atoms with van der Waals surface area (Å²) in [6, 6.07) is 0. The molecular formula is C19H29N5O2. The average molecular weight is 359 g/mol. The highest BCUT2D eigenvalue weighted by molar-refractivity contribution is 5.77. The summed E-state index contributed by atoms with van der Waals surface area (Å²) in [7, 11) is 1.82. The van der Waals surface area contributed by atoms with Crippen LogP contribution in [0.3, 0.4) is 0 Å². The first-order valence-electron chi connectivity index (χ1n) is 9.98. The number of H-pyrrole nitrogens is 1. The molecule has 142 valence electrons. The summed E-state index contributed by atoms with van der Waals surface area (Å²) in [6.07, 6.45) is 8.03. The van der Waals surface area contributed by atoms with Gasteiger partial charge in [-0.15, -0.1) is 0 Å². The van der Waals surface area contributed by atoms with Gasteiger partial charge in [0.25, 0.3) is 5.56 Å². The van der Waals surface area contributed by atoms with Gasteiger partial charge >= 0.3 is 0 Å². The van der Waals surface area contributed by atoms with Crippen molar-refractivity contribution in [2.45, 2.75) is 58.0 Å². The number of aryl methyl sites for hydroxylation is 2. The maximum atomic E-state index is 12.7. The van der Waals surface area contributed by atoms with Gasteiger partial charge in [0.2, 0.25) is 5.95 Å². The summed E-state index contributed by atoms with van der Waals surface area (Å²) in [5.74, 6) is 1.39. The van der Waals surface area contributed by atoms with Crippen molar-refractivity contribution in [3.05, 3.63) is 16.0 Å². The second-order valence-electron chi connectivity index (χ2n) is 7.74. The minimum absolute atomic E-state index is 0.104. The van der Waals surface area contributed by atoms with Crippen LogP contribution < -0.4 is 10.5 Å². The van der Waals surface area contributed by atoms with Crippen molar-refractivity contribution in [3.63, 3.8) is 0 Å². The highest BCUT2D eigenvalue weighted by Crippen LogP contribution is 2.31. The molecule has 2 aromatic heterocycles. The van der Waals surface area contributed by atoms with Crippen molar-refractivity contribution < 1.29 is 4.74 Å². The van der Waals surface area contributed by atoms with Crippen LogP contribution in [-0.2, 0) is 18.2 Å². The summed E-state index contributed by atoms with van der Waals surface area (Å²) in [5, 5.41) is 4.52.